The van der Waals surface area contributed by atoms with Gasteiger partial charge in [-0.1, -0.05) is 30.3 Å². The topological polar surface area (TPSA) is 70.8 Å². The number of morpholine rings is 1. The molecule has 32 heavy (non-hydrogen) atoms. The maximum atomic E-state index is 6.13. The van der Waals surface area contributed by atoms with Crippen LogP contribution in [0.25, 0.3) is 5.82 Å². The van der Waals surface area contributed by atoms with Gasteiger partial charge in [-0.15, -0.1) is 0 Å². The van der Waals surface area contributed by atoms with Crippen molar-refractivity contribution in [3.05, 3.63) is 78.5 Å². The molecule has 0 amide bonds. The lowest BCUT2D eigenvalue weighted by atomic mass is 10.1. The number of fused-ring (bicyclic) bond motifs is 1. The van der Waals surface area contributed by atoms with Gasteiger partial charge in [-0.25, -0.2) is 9.97 Å². The fourth-order valence-electron chi connectivity index (χ4n) is 4.57. The molecule has 5 rings (SSSR count). The Labute approximate surface area is 188 Å². The largest absolute Gasteiger partial charge is 0.373 e. The Bertz CT molecular complexity index is 1040. The SMILES string of the molecule is CN=C(NCc1ccnc(-n2ccnc2)c1)N1CC2OCCN(Cc3ccccc3)C2C1. The Morgan fingerprint density at radius 1 is 1.16 bits per heavy atom. The van der Waals surface area contributed by atoms with Gasteiger partial charge >= 0.3 is 0 Å². The van der Waals surface area contributed by atoms with Crippen molar-refractivity contribution in [3.8, 4) is 5.82 Å². The lowest BCUT2D eigenvalue weighted by Gasteiger charge is -2.36. The minimum Gasteiger partial charge on any atom is -0.373 e. The van der Waals surface area contributed by atoms with Crippen LogP contribution >= 0.6 is 0 Å². The van der Waals surface area contributed by atoms with Crippen molar-refractivity contribution in [2.24, 2.45) is 4.99 Å². The van der Waals surface area contributed by atoms with E-state index in [9.17, 15) is 0 Å². The summed E-state index contributed by atoms with van der Waals surface area (Å²) in [6.07, 6.45) is 7.44. The molecule has 166 valence electrons. The number of imidazole rings is 1. The van der Waals surface area contributed by atoms with E-state index in [1.807, 2.05) is 30.1 Å². The molecule has 3 aromatic rings. The molecule has 0 spiro atoms. The van der Waals surface area contributed by atoms with Gasteiger partial charge in [0.1, 0.15) is 12.1 Å². The summed E-state index contributed by atoms with van der Waals surface area (Å²) in [5.74, 6) is 1.76. The van der Waals surface area contributed by atoms with E-state index >= 15 is 0 Å². The van der Waals surface area contributed by atoms with Crippen LogP contribution in [0.4, 0.5) is 0 Å². The number of aromatic nitrogens is 3. The van der Waals surface area contributed by atoms with E-state index in [2.05, 4.69) is 66.5 Å². The van der Waals surface area contributed by atoms with Crippen LogP contribution in [-0.4, -0.2) is 75.7 Å². The predicted octanol–water partition coefficient (Wildman–Crippen LogP) is 1.93. The van der Waals surface area contributed by atoms with E-state index in [1.165, 1.54) is 5.56 Å². The van der Waals surface area contributed by atoms with Crippen molar-refractivity contribution in [3.63, 3.8) is 0 Å². The molecule has 8 nitrogen and oxygen atoms in total. The Morgan fingerprint density at radius 3 is 2.88 bits per heavy atom. The lowest BCUT2D eigenvalue weighted by molar-refractivity contribution is -0.0502. The van der Waals surface area contributed by atoms with E-state index in [0.29, 0.717) is 12.6 Å². The average molecular weight is 432 g/mol. The number of guanidine groups is 1. The van der Waals surface area contributed by atoms with Gasteiger partial charge in [-0.2, -0.15) is 0 Å². The molecule has 2 aliphatic heterocycles. The normalized spacial score (nSPS) is 21.5. The average Bonchev–Trinajstić information content (AvgIpc) is 3.51. The van der Waals surface area contributed by atoms with E-state index in [4.69, 9.17) is 4.74 Å². The van der Waals surface area contributed by atoms with E-state index in [-0.39, 0.29) is 6.10 Å². The summed E-state index contributed by atoms with van der Waals surface area (Å²) in [6, 6.07) is 15.1. The van der Waals surface area contributed by atoms with Crippen molar-refractivity contribution >= 4 is 5.96 Å². The monoisotopic (exact) mass is 431 g/mol. The van der Waals surface area contributed by atoms with Gasteiger partial charge in [-0.05, 0) is 23.3 Å². The quantitative estimate of drug-likeness (QED) is 0.492. The molecular formula is C24H29N7O. The minimum absolute atomic E-state index is 0.208. The van der Waals surface area contributed by atoms with Crippen molar-refractivity contribution in [1.82, 2.24) is 29.7 Å². The van der Waals surface area contributed by atoms with Gasteiger partial charge in [0.05, 0.1) is 18.8 Å². The van der Waals surface area contributed by atoms with E-state index in [0.717, 1.165) is 50.1 Å². The van der Waals surface area contributed by atoms with Crippen LogP contribution in [0, 0.1) is 0 Å². The number of rotatable bonds is 5. The Morgan fingerprint density at radius 2 is 2.06 bits per heavy atom. The fourth-order valence-corrected chi connectivity index (χ4v) is 4.57. The molecule has 2 saturated heterocycles. The third kappa shape index (κ3) is 4.51. The molecule has 2 atom stereocenters. The standard InChI is InChI=1S/C24H29N7O/c1-25-24(28-14-20-7-8-27-23(13-20)30-10-9-26-18-30)31-16-21-22(17-31)32-12-11-29(21)15-19-5-3-2-4-6-19/h2-10,13,18,21-22H,11-12,14-17H2,1H3,(H,25,28). The summed E-state index contributed by atoms with van der Waals surface area (Å²) < 4.78 is 8.04. The maximum absolute atomic E-state index is 6.13. The second-order valence-corrected chi connectivity index (χ2v) is 8.23. The molecule has 0 aliphatic carbocycles. The highest BCUT2D eigenvalue weighted by molar-refractivity contribution is 5.80. The Kier molecular flexibility index (Phi) is 6.13. The highest BCUT2D eigenvalue weighted by Crippen LogP contribution is 2.24. The molecule has 0 bridgehead atoms. The van der Waals surface area contributed by atoms with Crippen LogP contribution in [0.5, 0.6) is 0 Å². The third-order valence-corrected chi connectivity index (χ3v) is 6.19. The molecule has 8 heteroatoms. The number of hydrogen-bond donors (Lipinski definition) is 1. The van der Waals surface area contributed by atoms with Crippen molar-refractivity contribution in [1.29, 1.82) is 0 Å². The van der Waals surface area contributed by atoms with Gasteiger partial charge in [0.25, 0.3) is 0 Å². The van der Waals surface area contributed by atoms with Crippen LogP contribution in [0.15, 0.2) is 72.4 Å². The molecule has 0 radical (unpaired) electrons. The van der Waals surface area contributed by atoms with Gasteiger partial charge in [0.15, 0.2) is 5.96 Å². The minimum atomic E-state index is 0.208. The number of hydrogen-bond acceptors (Lipinski definition) is 5. The zero-order chi connectivity index (χ0) is 21.8. The first kappa shape index (κ1) is 20.7. The summed E-state index contributed by atoms with van der Waals surface area (Å²) in [6.45, 7) is 5.14. The van der Waals surface area contributed by atoms with Crippen molar-refractivity contribution in [2.45, 2.75) is 25.2 Å². The van der Waals surface area contributed by atoms with Crippen LogP contribution in [0.1, 0.15) is 11.1 Å². The number of aliphatic imine (C=N–C) groups is 1. The summed E-state index contributed by atoms with van der Waals surface area (Å²) in [5, 5.41) is 3.52. The van der Waals surface area contributed by atoms with Gasteiger partial charge in [0.2, 0.25) is 0 Å². The first-order chi connectivity index (χ1) is 15.8. The van der Waals surface area contributed by atoms with Crippen LogP contribution < -0.4 is 5.32 Å². The Balaban J connectivity index is 1.22. The first-order valence-electron chi connectivity index (χ1n) is 11.1. The third-order valence-electron chi connectivity index (χ3n) is 6.19. The zero-order valence-electron chi connectivity index (χ0n) is 18.3. The lowest BCUT2D eigenvalue weighted by Crippen LogP contribution is -2.50. The van der Waals surface area contributed by atoms with Gasteiger partial charge < -0.3 is 15.0 Å². The zero-order valence-corrected chi connectivity index (χ0v) is 18.3. The summed E-state index contributed by atoms with van der Waals surface area (Å²) >= 11 is 0. The fraction of sp³-hybridized carbons (Fsp3) is 0.375. The van der Waals surface area contributed by atoms with Gasteiger partial charge in [-0.3, -0.25) is 14.5 Å². The number of pyridine rings is 1. The first-order valence-corrected chi connectivity index (χ1v) is 11.1. The summed E-state index contributed by atoms with van der Waals surface area (Å²) in [7, 11) is 1.84. The number of ether oxygens (including phenoxy) is 1. The van der Waals surface area contributed by atoms with Crippen LogP contribution in [-0.2, 0) is 17.8 Å². The molecule has 1 aromatic carbocycles. The molecule has 2 aliphatic rings. The van der Waals surface area contributed by atoms with E-state index in [1.54, 1.807) is 12.5 Å². The number of nitrogens with zero attached hydrogens (tertiary/aromatic N) is 6. The van der Waals surface area contributed by atoms with Crippen LogP contribution in [0.2, 0.25) is 0 Å². The smallest absolute Gasteiger partial charge is 0.194 e. The van der Waals surface area contributed by atoms with Crippen molar-refractivity contribution < 1.29 is 4.74 Å². The highest BCUT2D eigenvalue weighted by atomic mass is 16.5. The summed E-state index contributed by atoms with van der Waals surface area (Å²) in [4.78, 5) is 18.0. The van der Waals surface area contributed by atoms with Gasteiger partial charge in [0, 0.05) is 58.4 Å². The number of benzene rings is 1. The van der Waals surface area contributed by atoms with Crippen molar-refractivity contribution in [2.75, 3.05) is 33.3 Å². The van der Waals surface area contributed by atoms with Crippen LogP contribution in [0.3, 0.4) is 0 Å². The Hall–Kier alpha value is -3.23. The van der Waals surface area contributed by atoms with E-state index < -0.39 is 0 Å². The highest BCUT2D eigenvalue weighted by Gasteiger charge is 2.41. The molecular weight excluding hydrogens is 402 g/mol. The molecule has 1 N–H and O–H groups in total. The number of likely N-dealkylation sites (tertiary alicyclic amines) is 1. The molecule has 4 heterocycles. The molecule has 2 fully saturated rings. The maximum Gasteiger partial charge on any atom is 0.194 e. The molecule has 2 unspecified atom stereocenters. The second-order valence-electron chi connectivity index (χ2n) is 8.23. The molecule has 0 saturated carbocycles. The predicted molar refractivity (Wildman–Crippen MR) is 124 cm³/mol. The number of nitrogens with one attached hydrogen (secondary N) is 1. The second kappa shape index (κ2) is 9.50. The molecule has 2 aromatic heterocycles. The summed E-state index contributed by atoms with van der Waals surface area (Å²) in [5.41, 5.74) is 2.49.